The fraction of sp³-hybridized carbons (Fsp3) is 0.583. The van der Waals surface area contributed by atoms with Crippen molar-refractivity contribution in [2.75, 3.05) is 13.7 Å². The molecular formula is C24H38N4O6. The van der Waals surface area contributed by atoms with Gasteiger partial charge in [0.2, 0.25) is 11.8 Å². The first-order chi connectivity index (χ1) is 16.1. The van der Waals surface area contributed by atoms with Crippen LogP contribution in [0.5, 0.6) is 5.75 Å². The Morgan fingerprint density at radius 2 is 1.88 bits per heavy atom. The quantitative estimate of drug-likeness (QED) is 0.413. The van der Waals surface area contributed by atoms with E-state index in [1.54, 1.807) is 26.0 Å². The predicted octanol–water partition coefficient (Wildman–Crippen LogP) is 1.28. The molecule has 1 saturated heterocycles. The van der Waals surface area contributed by atoms with E-state index in [0.29, 0.717) is 24.9 Å². The number of amides is 3. The molecule has 190 valence electrons. The molecule has 0 spiro atoms. The number of ether oxygens (including phenoxy) is 1. The van der Waals surface area contributed by atoms with Crippen molar-refractivity contribution in [3.63, 3.8) is 0 Å². The SMILES string of the molecule is CC.COC(=O)C1CCCN(C(=O)C(Cc2cccc(O)c2)NC(=O)C(NC(C)=O)C(C)C)N1. The molecular weight excluding hydrogens is 440 g/mol. The Morgan fingerprint density at radius 1 is 1.21 bits per heavy atom. The highest BCUT2D eigenvalue weighted by atomic mass is 16.5. The van der Waals surface area contributed by atoms with Crippen LogP contribution < -0.4 is 16.1 Å². The Hall–Kier alpha value is -3.14. The second-order valence-electron chi connectivity index (χ2n) is 8.19. The third-order valence-electron chi connectivity index (χ3n) is 5.21. The normalized spacial score (nSPS) is 17.0. The summed E-state index contributed by atoms with van der Waals surface area (Å²) in [4.78, 5) is 49.8. The summed E-state index contributed by atoms with van der Waals surface area (Å²) < 4.78 is 4.77. The molecule has 2 rings (SSSR count). The van der Waals surface area contributed by atoms with Gasteiger partial charge in [0.25, 0.3) is 5.91 Å². The zero-order valence-electron chi connectivity index (χ0n) is 20.9. The van der Waals surface area contributed by atoms with Gasteiger partial charge in [-0.05, 0) is 36.5 Å². The molecule has 1 aliphatic heterocycles. The van der Waals surface area contributed by atoms with E-state index in [9.17, 15) is 24.3 Å². The molecule has 0 radical (unpaired) electrons. The average molecular weight is 479 g/mol. The van der Waals surface area contributed by atoms with Gasteiger partial charge in [-0.15, -0.1) is 0 Å². The maximum Gasteiger partial charge on any atom is 0.324 e. The van der Waals surface area contributed by atoms with Crippen LogP contribution in [0.3, 0.4) is 0 Å². The standard InChI is InChI=1S/C22H32N4O6.C2H6/c1-13(2)19(23-14(3)27)20(29)24-18(12-15-7-5-8-16(28)11-15)21(30)26-10-6-9-17(25-26)22(31)32-4;1-2/h5,7-8,11,13,17-19,25,28H,6,9-10,12H2,1-4H3,(H,23,27)(H,24,29);1-2H3. The molecule has 1 fully saturated rings. The summed E-state index contributed by atoms with van der Waals surface area (Å²) in [5, 5.41) is 16.5. The largest absolute Gasteiger partial charge is 0.508 e. The zero-order valence-corrected chi connectivity index (χ0v) is 20.9. The van der Waals surface area contributed by atoms with Crippen molar-refractivity contribution in [2.24, 2.45) is 5.92 Å². The number of aromatic hydroxyl groups is 1. The van der Waals surface area contributed by atoms with Gasteiger partial charge in [0.1, 0.15) is 23.9 Å². The van der Waals surface area contributed by atoms with Gasteiger partial charge in [-0.1, -0.05) is 39.8 Å². The molecule has 0 bridgehead atoms. The summed E-state index contributed by atoms with van der Waals surface area (Å²) in [6, 6.07) is 3.96. The summed E-state index contributed by atoms with van der Waals surface area (Å²) in [6.45, 7) is 9.26. The van der Waals surface area contributed by atoms with Gasteiger partial charge >= 0.3 is 5.97 Å². The van der Waals surface area contributed by atoms with Crippen molar-refractivity contribution in [3.05, 3.63) is 29.8 Å². The maximum absolute atomic E-state index is 13.3. The van der Waals surface area contributed by atoms with Crippen LogP contribution in [0.25, 0.3) is 0 Å². The molecule has 3 atom stereocenters. The molecule has 1 aromatic carbocycles. The first-order valence-electron chi connectivity index (χ1n) is 11.6. The number of hydrogen-bond acceptors (Lipinski definition) is 7. The number of carbonyl (C=O) groups excluding carboxylic acids is 4. The van der Waals surface area contributed by atoms with Gasteiger partial charge in [-0.25, -0.2) is 5.43 Å². The van der Waals surface area contributed by atoms with Gasteiger partial charge in [0.05, 0.1) is 7.11 Å². The number of nitrogens with one attached hydrogen (secondary N) is 3. The number of hydrazine groups is 1. The lowest BCUT2D eigenvalue weighted by molar-refractivity contribution is -0.151. The van der Waals surface area contributed by atoms with Gasteiger partial charge in [-0.3, -0.25) is 24.2 Å². The van der Waals surface area contributed by atoms with Crippen molar-refractivity contribution >= 4 is 23.7 Å². The predicted molar refractivity (Wildman–Crippen MR) is 127 cm³/mol. The van der Waals surface area contributed by atoms with E-state index in [-0.39, 0.29) is 24.0 Å². The third kappa shape index (κ3) is 8.66. The maximum atomic E-state index is 13.3. The molecule has 34 heavy (non-hydrogen) atoms. The average Bonchev–Trinajstić information content (AvgIpc) is 2.82. The fourth-order valence-electron chi connectivity index (χ4n) is 3.58. The van der Waals surface area contributed by atoms with E-state index in [1.807, 2.05) is 13.8 Å². The minimum atomic E-state index is -0.983. The van der Waals surface area contributed by atoms with E-state index in [0.717, 1.165) is 0 Å². The molecule has 10 heteroatoms. The van der Waals surface area contributed by atoms with Gasteiger partial charge in [0.15, 0.2) is 0 Å². The zero-order chi connectivity index (χ0) is 25.8. The Bertz CT molecular complexity index is 845. The molecule has 4 N–H and O–H groups in total. The van der Waals surface area contributed by atoms with Crippen molar-refractivity contribution in [1.82, 2.24) is 21.1 Å². The van der Waals surface area contributed by atoms with Crippen LogP contribution in [0.15, 0.2) is 24.3 Å². The highest BCUT2D eigenvalue weighted by Crippen LogP contribution is 2.16. The van der Waals surface area contributed by atoms with E-state index in [1.165, 1.54) is 31.2 Å². The number of carbonyl (C=O) groups is 4. The lowest BCUT2D eigenvalue weighted by Gasteiger charge is -2.35. The number of esters is 1. The van der Waals surface area contributed by atoms with Crippen molar-refractivity contribution in [2.45, 2.75) is 72.0 Å². The van der Waals surface area contributed by atoms with E-state index in [4.69, 9.17) is 4.74 Å². The monoisotopic (exact) mass is 478 g/mol. The fourth-order valence-corrected chi connectivity index (χ4v) is 3.58. The van der Waals surface area contributed by atoms with Crippen LogP contribution >= 0.6 is 0 Å². The van der Waals surface area contributed by atoms with Gasteiger partial charge in [-0.2, -0.15) is 0 Å². The second kappa shape index (κ2) is 14.2. The lowest BCUT2D eigenvalue weighted by atomic mass is 10.0. The number of phenols is 1. The molecule has 0 saturated carbocycles. The summed E-state index contributed by atoms with van der Waals surface area (Å²) >= 11 is 0. The summed E-state index contributed by atoms with van der Waals surface area (Å²) in [7, 11) is 1.28. The third-order valence-corrected chi connectivity index (χ3v) is 5.21. The van der Waals surface area contributed by atoms with Crippen LogP contribution in [0.1, 0.15) is 53.0 Å². The van der Waals surface area contributed by atoms with Crippen LogP contribution in [0.4, 0.5) is 0 Å². The number of rotatable bonds is 8. The number of methoxy groups -OCH3 is 1. The Balaban J connectivity index is 0.00000281. The summed E-state index contributed by atoms with van der Waals surface area (Å²) in [5.74, 6) is -1.90. The Morgan fingerprint density at radius 3 is 2.44 bits per heavy atom. The van der Waals surface area contributed by atoms with Crippen molar-refractivity contribution in [1.29, 1.82) is 0 Å². The van der Waals surface area contributed by atoms with Crippen LogP contribution in [0, 0.1) is 5.92 Å². The lowest BCUT2D eigenvalue weighted by Crippen LogP contribution is -2.62. The minimum absolute atomic E-state index is 0.0418. The van der Waals surface area contributed by atoms with Gasteiger partial charge < -0.3 is 20.5 Å². The highest BCUT2D eigenvalue weighted by Gasteiger charge is 2.34. The topological polar surface area (TPSA) is 137 Å². The molecule has 1 aliphatic rings. The number of phenolic OH excluding ortho intramolecular Hbond substituents is 1. The smallest absolute Gasteiger partial charge is 0.324 e. The molecule has 10 nitrogen and oxygen atoms in total. The van der Waals surface area contributed by atoms with E-state index in [2.05, 4.69) is 16.1 Å². The van der Waals surface area contributed by atoms with E-state index < -0.39 is 35.9 Å². The Kier molecular flexibility index (Phi) is 12.1. The van der Waals surface area contributed by atoms with Gasteiger partial charge in [0, 0.05) is 19.9 Å². The van der Waals surface area contributed by atoms with E-state index >= 15 is 0 Å². The molecule has 0 aliphatic carbocycles. The molecule has 0 aromatic heterocycles. The van der Waals surface area contributed by atoms with Crippen LogP contribution in [-0.2, 0) is 30.3 Å². The summed E-state index contributed by atoms with van der Waals surface area (Å²) in [6.07, 6.45) is 1.23. The van der Waals surface area contributed by atoms with Crippen LogP contribution in [-0.4, -0.2) is 65.6 Å². The number of benzene rings is 1. The summed E-state index contributed by atoms with van der Waals surface area (Å²) in [5.41, 5.74) is 3.52. The highest BCUT2D eigenvalue weighted by molar-refractivity contribution is 5.92. The second-order valence-corrected chi connectivity index (χ2v) is 8.19. The first-order valence-corrected chi connectivity index (χ1v) is 11.6. The Labute approximate surface area is 201 Å². The van der Waals surface area contributed by atoms with Crippen LogP contribution in [0.2, 0.25) is 0 Å². The number of hydrogen-bond donors (Lipinski definition) is 4. The first kappa shape index (κ1) is 28.9. The van der Waals surface area contributed by atoms with Crippen molar-refractivity contribution < 1.29 is 29.0 Å². The van der Waals surface area contributed by atoms with Crippen molar-refractivity contribution in [3.8, 4) is 5.75 Å². The molecule has 1 heterocycles. The minimum Gasteiger partial charge on any atom is -0.508 e. The molecule has 3 unspecified atom stereocenters. The number of nitrogens with zero attached hydrogens (tertiary/aromatic N) is 1. The molecule has 1 aromatic rings. The molecule has 3 amide bonds.